The third kappa shape index (κ3) is 4.65. The largest absolute Gasteiger partial charge is 0.492 e. The molecule has 1 aromatic carbocycles. The van der Waals surface area contributed by atoms with Crippen LogP contribution in [0.5, 0.6) is 5.75 Å². The van der Waals surface area contributed by atoms with Crippen LogP contribution in [0.3, 0.4) is 0 Å². The number of hydrogen-bond donors (Lipinski definition) is 1. The van der Waals surface area contributed by atoms with Crippen molar-refractivity contribution in [1.82, 2.24) is 9.29 Å². The van der Waals surface area contributed by atoms with E-state index in [1.807, 2.05) is 0 Å². The number of sulfonamides is 1. The number of hydrogen-bond acceptors (Lipinski definition) is 7. The van der Waals surface area contributed by atoms with E-state index in [9.17, 15) is 13.2 Å². The average Bonchev–Trinajstić information content (AvgIpc) is 3.47. The standard InChI is InChI=1S/C21H23N3O5S2/c1-2-28-17-9-8-15(13-19(17)31(26,27)24-10-4-3-5-11-24)22-20(25)16-14-30-21(23-16)18-7-6-12-29-18/h6-9,12-14H,2-5,10-11H2,1H3,(H,22,25). The van der Waals surface area contributed by atoms with Crippen LogP contribution in [0.4, 0.5) is 5.69 Å². The molecule has 0 aliphatic carbocycles. The van der Waals surface area contributed by atoms with Gasteiger partial charge < -0.3 is 14.5 Å². The van der Waals surface area contributed by atoms with E-state index in [-0.39, 0.29) is 16.3 Å². The van der Waals surface area contributed by atoms with Crippen LogP contribution < -0.4 is 10.1 Å². The molecular weight excluding hydrogens is 438 g/mol. The number of thiazole rings is 1. The Balaban J connectivity index is 1.59. The second-order valence-corrected chi connectivity index (χ2v) is 9.79. The molecule has 0 bridgehead atoms. The lowest BCUT2D eigenvalue weighted by molar-refractivity contribution is 0.102. The van der Waals surface area contributed by atoms with Gasteiger partial charge in [0, 0.05) is 24.2 Å². The van der Waals surface area contributed by atoms with Crippen molar-refractivity contribution in [2.45, 2.75) is 31.1 Å². The van der Waals surface area contributed by atoms with Gasteiger partial charge in [-0.3, -0.25) is 4.79 Å². The Morgan fingerprint density at radius 1 is 1.26 bits per heavy atom. The van der Waals surface area contributed by atoms with E-state index in [2.05, 4.69) is 10.3 Å². The molecule has 2 aromatic heterocycles. The van der Waals surface area contributed by atoms with Crippen LogP contribution in [0.15, 0.2) is 51.3 Å². The molecule has 1 saturated heterocycles. The van der Waals surface area contributed by atoms with Crippen LogP contribution in [0.25, 0.3) is 10.8 Å². The van der Waals surface area contributed by atoms with E-state index in [1.54, 1.807) is 42.8 Å². The van der Waals surface area contributed by atoms with Crippen LogP contribution in [-0.4, -0.2) is 43.3 Å². The number of carbonyl (C=O) groups is 1. The maximum Gasteiger partial charge on any atom is 0.275 e. The lowest BCUT2D eigenvalue weighted by Crippen LogP contribution is -2.35. The van der Waals surface area contributed by atoms with Gasteiger partial charge in [-0.05, 0) is 50.1 Å². The van der Waals surface area contributed by atoms with Crippen molar-refractivity contribution in [3.63, 3.8) is 0 Å². The molecule has 31 heavy (non-hydrogen) atoms. The number of amides is 1. The number of rotatable bonds is 7. The number of ether oxygens (including phenoxy) is 1. The molecule has 1 aliphatic heterocycles. The fourth-order valence-corrected chi connectivity index (χ4v) is 5.83. The zero-order chi connectivity index (χ0) is 21.8. The molecule has 3 aromatic rings. The average molecular weight is 462 g/mol. The van der Waals surface area contributed by atoms with Crippen molar-refractivity contribution < 1.29 is 22.4 Å². The van der Waals surface area contributed by atoms with Crippen molar-refractivity contribution in [2.24, 2.45) is 0 Å². The lowest BCUT2D eigenvalue weighted by atomic mass is 10.2. The first-order chi connectivity index (χ1) is 15.0. The Morgan fingerprint density at radius 2 is 2.06 bits per heavy atom. The molecule has 0 unspecified atom stereocenters. The van der Waals surface area contributed by atoms with Gasteiger partial charge in [-0.25, -0.2) is 13.4 Å². The Morgan fingerprint density at radius 3 is 2.77 bits per heavy atom. The van der Waals surface area contributed by atoms with E-state index in [0.29, 0.717) is 36.2 Å². The molecule has 0 radical (unpaired) electrons. The highest BCUT2D eigenvalue weighted by Crippen LogP contribution is 2.32. The van der Waals surface area contributed by atoms with E-state index in [4.69, 9.17) is 9.15 Å². The highest BCUT2D eigenvalue weighted by atomic mass is 32.2. The van der Waals surface area contributed by atoms with E-state index in [0.717, 1.165) is 19.3 Å². The summed E-state index contributed by atoms with van der Waals surface area (Å²) in [5.74, 6) is 0.430. The van der Waals surface area contributed by atoms with Gasteiger partial charge in [-0.15, -0.1) is 11.3 Å². The summed E-state index contributed by atoms with van der Waals surface area (Å²) >= 11 is 1.29. The number of carbonyl (C=O) groups excluding carboxylic acids is 1. The van der Waals surface area contributed by atoms with Gasteiger partial charge in [0.25, 0.3) is 5.91 Å². The summed E-state index contributed by atoms with van der Waals surface area (Å²) in [6.45, 7) is 3.10. The van der Waals surface area contributed by atoms with Crippen molar-refractivity contribution in [1.29, 1.82) is 0 Å². The fourth-order valence-electron chi connectivity index (χ4n) is 3.39. The second kappa shape index (κ2) is 9.21. The summed E-state index contributed by atoms with van der Waals surface area (Å²) in [4.78, 5) is 17.0. The van der Waals surface area contributed by atoms with E-state index in [1.165, 1.54) is 21.7 Å². The van der Waals surface area contributed by atoms with Crippen LogP contribution in [0.2, 0.25) is 0 Å². The predicted octanol–water partition coefficient (Wildman–Crippen LogP) is 4.23. The quantitative estimate of drug-likeness (QED) is 0.565. The number of piperidine rings is 1. The molecule has 4 rings (SSSR count). The van der Waals surface area contributed by atoms with Crippen LogP contribution in [-0.2, 0) is 10.0 Å². The third-order valence-corrected chi connectivity index (χ3v) is 7.68. The summed E-state index contributed by atoms with van der Waals surface area (Å²) < 4.78 is 38.8. The maximum atomic E-state index is 13.2. The molecule has 1 aliphatic rings. The Hall–Kier alpha value is -2.69. The fraction of sp³-hybridized carbons (Fsp3) is 0.333. The molecule has 0 atom stereocenters. The van der Waals surface area contributed by atoms with Crippen molar-refractivity contribution in [3.8, 4) is 16.5 Å². The summed E-state index contributed by atoms with van der Waals surface area (Å²) in [5.41, 5.74) is 0.585. The number of benzene rings is 1. The molecule has 8 nitrogen and oxygen atoms in total. The molecule has 164 valence electrons. The summed E-state index contributed by atoms with van der Waals surface area (Å²) in [5, 5.41) is 4.96. The number of furan rings is 1. The van der Waals surface area contributed by atoms with Gasteiger partial charge in [0.15, 0.2) is 10.8 Å². The molecule has 0 spiro atoms. The predicted molar refractivity (Wildman–Crippen MR) is 118 cm³/mol. The Kier molecular flexibility index (Phi) is 6.40. The molecule has 10 heteroatoms. The number of nitrogens with one attached hydrogen (secondary N) is 1. The van der Waals surface area contributed by atoms with Crippen LogP contribution in [0.1, 0.15) is 36.7 Å². The first-order valence-electron chi connectivity index (χ1n) is 10.1. The van der Waals surface area contributed by atoms with Crippen LogP contribution in [0, 0.1) is 0 Å². The maximum absolute atomic E-state index is 13.2. The lowest BCUT2D eigenvalue weighted by Gasteiger charge is -2.27. The number of nitrogens with zero attached hydrogens (tertiary/aromatic N) is 2. The number of anilines is 1. The van der Waals surface area contributed by atoms with Gasteiger partial charge >= 0.3 is 0 Å². The minimum atomic E-state index is -3.73. The first-order valence-corrected chi connectivity index (χ1v) is 12.4. The van der Waals surface area contributed by atoms with E-state index < -0.39 is 15.9 Å². The Bertz CT molecular complexity index is 1150. The third-order valence-electron chi connectivity index (χ3n) is 4.90. The first kappa shape index (κ1) is 21.5. The van der Waals surface area contributed by atoms with E-state index >= 15 is 0 Å². The number of aromatic nitrogens is 1. The zero-order valence-corrected chi connectivity index (χ0v) is 18.7. The second-order valence-electron chi connectivity index (χ2n) is 7.03. The minimum absolute atomic E-state index is 0.0589. The SMILES string of the molecule is CCOc1ccc(NC(=O)c2csc(-c3ccco3)n2)cc1S(=O)(=O)N1CCCCC1. The smallest absolute Gasteiger partial charge is 0.275 e. The molecule has 1 amide bonds. The van der Waals surface area contributed by atoms with Crippen molar-refractivity contribution in [2.75, 3.05) is 25.0 Å². The van der Waals surface area contributed by atoms with Gasteiger partial charge in [-0.1, -0.05) is 6.42 Å². The molecule has 3 heterocycles. The zero-order valence-electron chi connectivity index (χ0n) is 17.0. The monoisotopic (exact) mass is 461 g/mol. The van der Waals surface area contributed by atoms with Crippen LogP contribution >= 0.6 is 11.3 Å². The Labute approximate surface area is 184 Å². The topological polar surface area (TPSA) is 102 Å². The van der Waals surface area contributed by atoms with Crippen molar-refractivity contribution in [3.05, 3.63) is 47.7 Å². The van der Waals surface area contributed by atoms with Gasteiger partial charge in [0.05, 0.1) is 12.9 Å². The molecule has 1 N–H and O–H groups in total. The highest BCUT2D eigenvalue weighted by Gasteiger charge is 2.29. The van der Waals surface area contributed by atoms with Gasteiger partial charge in [0.2, 0.25) is 10.0 Å². The minimum Gasteiger partial charge on any atom is -0.492 e. The highest BCUT2D eigenvalue weighted by molar-refractivity contribution is 7.89. The summed E-state index contributed by atoms with van der Waals surface area (Å²) in [7, 11) is -3.73. The van der Waals surface area contributed by atoms with Crippen molar-refractivity contribution >= 4 is 33.0 Å². The van der Waals surface area contributed by atoms with Gasteiger partial charge in [0.1, 0.15) is 16.3 Å². The summed E-state index contributed by atoms with van der Waals surface area (Å²) in [6.07, 6.45) is 4.23. The summed E-state index contributed by atoms with van der Waals surface area (Å²) in [6, 6.07) is 8.17. The normalized spacial score (nSPS) is 15.0. The molecular formula is C21H23N3O5S2. The van der Waals surface area contributed by atoms with Gasteiger partial charge in [-0.2, -0.15) is 4.31 Å². The molecule has 1 fully saturated rings. The molecule has 0 saturated carbocycles.